The van der Waals surface area contributed by atoms with E-state index in [0.29, 0.717) is 32.4 Å². The highest BCUT2D eigenvalue weighted by Gasteiger charge is 2.28. The number of imidazole rings is 1. The molecule has 10 nitrogen and oxygen atoms in total. The third-order valence-corrected chi connectivity index (χ3v) is 8.45. The van der Waals surface area contributed by atoms with Crippen molar-refractivity contribution >= 4 is 21.8 Å². The Bertz CT molecular complexity index is 895. The minimum absolute atomic E-state index is 0.0107. The third kappa shape index (κ3) is 8.06. The first kappa shape index (κ1) is 26.6. The fourth-order valence-electron chi connectivity index (χ4n) is 4.65. The van der Waals surface area contributed by atoms with Gasteiger partial charge in [0, 0.05) is 51.8 Å². The fraction of sp³-hybridized carbons (Fsp3) is 0.783. The maximum absolute atomic E-state index is 13.0. The summed E-state index contributed by atoms with van der Waals surface area (Å²) in [4.78, 5) is 31.6. The second-order valence-corrected chi connectivity index (χ2v) is 11.3. The number of nitrogens with zero attached hydrogens (tertiary/aromatic N) is 4. The minimum Gasteiger partial charge on any atom is -0.356 e. The van der Waals surface area contributed by atoms with Crippen LogP contribution in [0, 0.1) is 5.92 Å². The van der Waals surface area contributed by atoms with Gasteiger partial charge in [-0.1, -0.05) is 12.8 Å². The van der Waals surface area contributed by atoms with Gasteiger partial charge in [0.05, 0.1) is 6.33 Å². The zero-order valence-corrected chi connectivity index (χ0v) is 21.2. The highest BCUT2D eigenvalue weighted by molar-refractivity contribution is 7.89. The maximum Gasteiger partial charge on any atom is 0.262 e. The van der Waals surface area contributed by atoms with Gasteiger partial charge in [-0.2, -0.15) is 4.31 Å². The minimum atomic E-state index is -3.80. The van der Waals surface area contributed by atoms with Gasteiger partial charge >= 0.3 is 0 Å². The molecule has 2 amide bonds. The van der Waals surface area contributed by atoms with Gasteiger partial charge < -0.3 is 20.1 Å². The van der Waals surface area contributed by atoms with Gasteiger partial charge in [0.15, 0.2) is 5.03 Å². The van der Waals surface area contributed by atoms with E-state index < -0.39 is 10.0 Å². The van der Waals surface area contributed by atoms with Crippen LogP contribution < -0.4 is 10.6 Å². The Morgan fingerprint density at radius 1 is 1.12 bits per heavy atom. The summed E-state index contributed by atoms with van der Waals surface area (Å²) in [6.07, 6.45) is 10.7. The molecule has 0 aromatic carbocycles. The van der Waals surface area contributed by atoms with E-state index in [1.54, 1.807) is 11.6 Å². The second-order valence-electron chi connectivity index (χ2n) is 9.41. The molecule has 0 spiro atoms. The van der Waals surface area contributed by atoms with Crippen LogP contribution in [0.5, 0.6) is 0 Å². The van der Waals surface area contributed by atoms with Gasteiger partial charge in [0.2, 0.25) is 11.8 Å². The van der Waals surface area contributed by atoms with E-state index >= 15 is 0 Å². The summed E-state index contributed by atoms with van der Waals surface area (Å²) < 4.78 is 29.0. The van der Waals surface area contributed by atoms with Crippen molar-refractivity contribution < 1.29 is 18.0 Å². The fourth-order valence-corrected chi connectivity index (χ4v) is 6.09. The van der Waals surface area contributed by atoms with E-state index in [4.69, 9.17) is 0 Å². The summed E-state index contributed by atoms with van der Waals surface area (Å²) in [5.41, 5.74) is 0. The number of hydrogen-bond acceptors (Lipinski definition) is 6. The molecule has 192 valence electrons. The second kappa shape index (κ2) is 13.2. The van der Waals surface area contributed by atoms with Crippen LogP contribution >= 0.6 is 0 Å². The Labute approximate surface area is 203 Å². The molecule has 11 heteroatoms. The Morgan fingerprint density at radius 2 is 1.88 bits per heavy atom. The lowest BCUT2D eigenvalue weighted by atomic mass is 9.98. The maximum atomic E-state index is 13.0. The van der Waals surface area contributed by atoms with Crippen molar-refractivity contribution in [2.75, 3.05) is 45.8 Å². The quantitative estimate of drug-likeness (QED) is 0.546. The van der Waals surface area contributed by atoms with Crippen molar-refractivity contribution in [3.05, 3.63) is 12.5 Å². The molecular weight excluding hydrogens is 456 g/mol. The Balaban J connectivity index is 1.52. The summed E-state index contributed by atoms with van der Waals surface area (Å²) in [5, 5.41) is 5.87. The van der Waals surface area contributed by atoms with E-state index in [0.717, 1.165) is 26.1 Å². The summed E-state index contributed by atoms with van der Waals surface area (Å²) in [6, 6.07) is 0. The normalized spacial score (nSPS) is 22.4. The third-order valence-electron chi connectivity index (χ3n) is 6.67. The Hall–Kier alpha value is -1.98. The average molecular weight is 497 g/mol. The van der Waals surface area contributed by atoms with E-state index in [2.05, 4.69) is 20.5 Å². The summed E-state index contributed by atoms with van der Waals surface area (Å²) in [7, 11) is -2.08. The molecule has 34 heavy (non-hydrogen) atoms. The molecule has 0 radical (unpaired) electrons. The number of nitrogens with one attached hydrogen (secondary N) is 2. The van der Waals surface area contributed by atoms with Gasteiger partial charge in [-0.05, 0) is 58.2 Å². The first-order valence-corrected chi connectivity index (χ1v) is 14.0. The van der Waals surface area contributed by atoms with Crippen LogP contribution in [0.2, 0.25) is 0 Å². The van der Waals surface area contributed by atoms with Crippen LogP contribution in [0.25, 0.3) is 0 Å². The predicted octanol–water partition coefficient (Wildman–Crippen LogP) is 1.10. The molecule has 2 N–H and O–H groups in total. The summed E-state index contributed by atoms with van der Waals surface area (Å²) >= 11 is 0. The number of likely N-dealkylation sites (tertiary alicyclic amines) is 1. The number of carbonyl (C=O) groups excluding carboxylic acids is 2. The Morgan fingerprint density at radius 3 is 2.59 bits per heavy atom. The molecule has 1 atom stereocenters. The molecule has 2 aliphatic rings. The molecule has 2 saturated heterocycles. The summed E-state index contributed by atoms with van der Waals surface area (Å²) in [5.74, 6) is -0.473. The molecule has 0 aliphatic carbocycles. The lowest BCUT2D eigenvalue weighted by Gasteiger charge is -2.22. The van der Waals surface area contributed by atoms with Gasteiger partial charge in [-0.25, -0.2) is 13.4 Å². The zero-order valence-electron chi connectivity index (χ0n) is 20.4. The topological polar surface area (TPSA) is 117 Å². The molecule has 3 rings (SSSR count). The molecule has 1 aromatic heterocycles. The number of carbonyl (C=O) groups is 2. The number of sulfonamides is 1. The van der Waals surface area contributed by atoms with Crippen LogP contribution in [0.4, 0.5) is 0 Å². The molecular formula is C23H40N6O4S. The summed E-state index contributed by atoms with van der Waals surface area (Å²) in [6.45, 7) is 4.70. The number of amides is 2. The zero-order chi connectivity index (χ0) is 24.4. The standard InChI is InChI=1S/C23H40N6O4S/c1-27-18-22(26-19-27)34(32,33)29-16-6-8-20(9-12-24-21(30)10-17-29)23(31)25-11-7-15-28-13-4-2-3-5-14-28/h18-20H,2-17H2,1H3,(H,24,30)(H,25,31). The van der Waals surface area contributed by atoms with Gasteiger partial charge in [0.25, 0.3) is 10.0 Å². The van der Waals surface area contributed by atoms with E-state index in [1.165, 1.54) is 42.5 Å². The van der Waals surface area contributed by atoms with Crippen molar-refractivity contribution in [3.63, 3.8) is 0 Å². The van der Waals surface area contributed by atoms with Gasteiger partial charge in [-0.15, -0.1) is 0 Å². The molecule has 1 unspecified atom stereocenters. The van der Waals surface area contributed by atoms with Gasteiger partial charge in [-0.3, -0.25) is 9.59 Å². The highest BCUT2D eigenvalue weighted by Crippen LogP contribution is 2.18. The largest absolute Gasteiger partial charge is 0.356 e. The molecule has 0 bridgehead atoms. The van der Waals surface area contributed by atoms with Crippen molar-refractivity contribution in [1.82, 2.24) is 29.4 Å². The first-order chi connectivity index (χ1) is 16.4. The highest BCUT2D eigenvalue weighted by atomic mass is 32.2. The first-order valence-electron chi connectivity index (χ1n) is 12.6. The number of aromatic nitrogens is 2. The van der Waals surface area contributed by atoms with Crippen molar-refractivity contribution in [1.29, 1.82) is 0 Å². The van der Waals surface area contributed by atoms with Crippen LogP contribution in [-0.4, -0.2) is 84.8 Å². The van der Waals surface area contributed by atoms with E-state index in [9.17, 15) is 18.0 Å². The van der Waals surface area contributed by atoms with Crippen LogP contribution in [-0.2, 0) is 26.7 Å². The Kier molecular flexibility index (Phi) is 10.3. The number of hydrogen-bond donors (Lipinski definition) is 2. The molecule has 2 aliphatic heterocycles. The van der Waals surface area contributed by atoms with Crippen molar-refractivity contribution in [2.45, 2.75) is 62.8 Å². The van der Waals surface area contributed by atoms with E-state index in [1.807, 2.05) is 0 Å². The smallest absolute Gasteiger partial charge is 0.262 e. The molecule has 0 saturated carbocycles. The lowest BCUT2D eigenvalue weighted by molar-refractivity contribution is -0.126. The molecule has 3 heterocycles. The molecule has 1 aromatic rings. The van der Waals surface area contributed by atoms with Crippen molar-refractivity contribution in [2.24, 2.45) is 13.0 Å². The lowest BCUT2D eigenvalue weighted by Crippen LogP contribution is -2.36. The van der Waals surface area contributed by atoms with Crippen LogP contribution in [0.1, 0.15) is 57.8 Å². The van der Waals surface area contributed by atoms with Crippen molar-refractivity contribution in [3.8, 4) is 0 Å². The SMILES string of the molecule is Cn1cnc(S(=O)(=O)N2CCCC(C(=O)NCCCN3CCCCCC3)CCNC(=O)CC2)c1. The van der Waals surface area contributed by atoms with E-state index in [-0.39, 0.29) is 42.3 Å². The van der Waals surface area contributed by atoms with Crippen LogP contribution in [0.3, 0.4) is 0 Å². The number of aryl methyl sites for hydroxylation is 1. The predicted molar refractivity (Wildman–Crippen MR) is 129 cm³/mol. The number of rotatable bonds is 7. The van der Waals surface area contributed by atoms with Crippen LogP contribution in [0.15, 0.2) is 17.6 Å². The monoisotopic (exact) mass is 496 g/mol. The van der Waals surface area contributed by atoms with Gasteiger partial charge in [0.1, 0.15) is 0 Å². The molecule has 2 fully saturated rings. The average Bonchev–Trinajstić information content (AvgIpc) is 3.07.